The molecule has 1 aliphatic rings. The molecule has 0 saturated carbocycles. The molecule has 3 rings (SSSR count). The van der Waals surface area contributed by atoms with E-state index >= 15 is 0 Å². The second-order valence-electron chi connectivity index (χ2n) is 6.21. The maximum absolute atomic E-state index is 6.36. The molecule has 0 bridgehead atoms. The summed E-state index contributed by atoms with van der Waals surface area (Å²) in [5, 5.41) is 8.92. The first kappa shape index (κ1) is 19.3. The van der Waals surface area contributed by atoms with E-state index in [0.29, 0.717) is 48.1 Å². The van der Waals surface area contributed by atoms with Crippen molar-refractivity contribution in [2.24, 2.45) is 5.22 Å². The van der Waals surface area contributed by atoms with Crippen LogP contribution in [0.5, 0.6) is 0 Å². The molecule has 3 nitrogen and oxygen atoms in total. The first-order valence-electron chi connectivity index (χ1n) is 7.18. The first-order valence-corrected chi connectivity index (χ1v) is 9.45. The highest BCUT2D eigenvalue weighted by atomic mass is 35.5. The predicted molar refractivity (Wildman–Crippen MR) is 107 cm³/mol. The van der Waals surface area contributed by atoms with E-state index in [2.05, 4.69) is 5.22 Å². The second-order valence-corrected chi connectivity index (χ2v) is 8.71. The smallest absolute Gasteiger partial charge is 0.126 e. The summed E-state index contributed by atoms with van der Waals surface area (Å²) in [6.45, 7) is 4.54. The molecule has 132 valence electrons. The van der Waals surface area contributed by atoms with Gasteiger partial charge in [-0.2, -0.15) is 0 Å². The molecule has 0 N–H and O–H groups in total. The van der Waals surface area contributed by atoms with E-state index in [4.69, 9.17) is 69.6 Å². The number of hydrogen-bond donors (Lipinski definition) is 0. The molecule has 0 fully saturated rings. The normalized spacial score (nSPS) is 16.3. The summed E-state index contributed by atoms with van der Waals surface area (Å²) in [5.41, 5.74) is 0.721. The summed E-state index contributed by atoms with van der Waals surface area (Å²) in [6.07, 6.45) is 0. The van der Waals surface area contributed by atoms with E-state index in [1.54, 1.807) is 34.0 Å². The Morgan fingerprint density at radius 1 is 0.840 bits per heavy atom. The van der Waals surface area contributed by atoms with E-state index in [1.165, 1.54) is 0 Å². The summed E-state index contributed by atoms with van der Waals surface area (Å²) >= 11 is 37.4. The zero-order chi connectivity index (χ0) is 18.5. The minimum absolute atomic E-state index is 0.407. The minimum atomic E-state index is -0.423. The van der Waals surface area contributed by atoms with Crippen LogP contribution in [-0.4, -0.2) is 16.8 Å². The number of anilines is 1. The zero-order valence-corrected chi connectivity index (χ0v) is 17.7. The Bertz CT molecular complexity index is 847. The lowest BCUT2D eigenvalue weighted by molar-refractivity contribution is -0.501. The molecule has 1 aliphatic heterocycles. The monoisotopic (exact) mass is 456 g/mol. The van der Waals surface area contributed by atoms with E-state index < -0.39 is 5.54 Å². The Hall–Kier alpha value is -0.420. The molecule has 0 aliphatic carbocycles. The Labute approximate surface area is 175 Å². The van der Waals surface area contributed by atoms with Crippen LogP contribution in [0, 0.1) is 0 Å². The van der Waals surface area contributed by atoms with Gasteiger partial charge >= 0.3 is 0 Å². The number of hydrogen-bond acceptors (Lipinski definition) is 2. The molecule has 0 amide bonds. The SMILES string of the molecule is CC1(C)C[N+](c2c(Cl)cc(Cl)cc2Cl)=NN1c1c(Cl)cc(Cl)cc1Cl. The summed E-state index contributed by atoms with van der Waals surface area (Å²) in [5.74, 6) is 0. The van der Waals surface area contributed by atoms with Gasteiger partial charge in [0.05, 0.1) is 25.3 Å². The molecule has 25 heavy (non-hydrogen) atoms. The number of rotatable bonds is 2. The van der Waals surface area contributed by atoms with Crippen LogP contribution in [0.15, 0.2) is 29.5 Å². The standard InChI is InChI=1S/C16H12Cl6N3/c1-16(2)7-24(14-10(19)3-8(17)4-11(14)20)23-25(16)15-12(21)5-9(18)6-13(15)22/h3-6H,7H2,1-2H3/q+1. The fraction of sp³-hybridized carbons (Fsp3) is 0.250. The van der Waals surface area contributed by atoms with Crippen molar-refractivity contribution in [2.45, 2.75) is 19.4 Å². The molecule has 0 unspecified atom stereocenters. The van der Waals surface area contributed by atoms with Crippen LogP contribution >= 0.6 is 69.6 Å². The van der Waals surface area contributed by atoms with Crippen molar-refractivity contribution in [3.63, 3.8) is 0 Å². The molecule has 0 atom stereocenters. The maximum Gasteiger partial charge on any atom is 0.187 e. The van der Waals surface area contributed by atoms with Gasteiger partial charge in [-0.15, -0.1) is 9.71 Å². The molecular formula is C16H12Cl6N3+. The Morgan fingerprint density at radius 3 is 1.76 bits per heavy atom. The quantitative estimate of drug-likeness (QED) is 0.418. The van der Waals surface area contributed by atoms with Crippen LogP contribution in [0.25, 0.3) is 0 Å². The van der Waals surface area contributed by atoms with Crippen molar-refractivity contribution in [1.29, 1.82) is 0 Å². The lowest BCUT2D eigenvalue weighted by atomic mass is 10.0. The van der Waals surface area contributed by atoms with Gasteiger partial charge in [0.15, 0.2) is 23.5 Å². The third kappa shape index (κ3) is 3.69. The molecular weight excluding hydrogens is 447 g/mol. The Morgan fingerprint density at radius 2 is 1.28 bits per heavy atom. The van der Waals surface area contributed by atoms with Gasteiger partial charge in [-0.05, 0) is 38.1 Å². The van der Waals surface area contributed by atoms with Gasteiger partial charge in [-0.1, -0.05) is 69.6 Å². The second kappa shape index (κ2) is 6.95. The first-order chi connectivity index (χ1) is 11.6. The lowest BCUT2D eigenvalue weighted by Crippen LogP contribution is -2.40. The fourth-order valence-electron chi connectivity index (χ4n) is 2.68. The van der Waals surface area contributed by atoms with E-state index in [1.807, 2.05) is 13.8 Å². The molecule has 2 aromatic carbocycles. The summed E-state index contributed by atoms with van der Waals surface area (Å²) in [7, 11) is 0. The number of benzene rings is 2. The third-order valence-corrected chi connectivity index (χ3v) is 5.33. The third-order valence-electron chi connectivity index (χ3n) is 3.74. The average Bonchev–Trinajstić information content (AvgIpc) is 2.72. The van der Waals surface area contributed by atoms with Gasteiger partial charge in [-0.3, -0.25) is 0 Å². The molecule has 0 saturated heterocycles. The lowest BCUT2D eigenvalue weighted by Gasteiger charge is -2.21. The molecule has 9 heteroatoms. The average molecular weight is 459 g/mol. The van der Waals surface area contributed by atoms with Crippen molar-refractivity contribution in [3.05, 3.63) is 54.4 Å². The molecule has 1 heterocycles. The highest BCUT2D eigenvalue weighted by Gasteiger charge is 2.46. The zero-order valence-electron chi connectivity index (χ0n) is 13.1. The molecule has 0 spiro atoms. The Kier molecular flexibility index (Phi) is 5.38. The largest absolute Gasteiger partial charge is 0.187 e. The number of nitrogens with zero attached hydrogens (tertiary/aromatic N) is 3. The van der Waals surface area contributed by atoms with Crippen LogP contribution in [-0.2, 0) is 0 Å². The van der Waals surface area contributed by atoms with Crippen LogP contribution in [0.3, 0.4) is 0 Å². The van der Waals surface area contributed by atoms with Crippen LogP contribution in [0.2, 0.25) is 30.1 Å². The van der Waals surface area contributed by atoms with Crippen molar-refractivity contribution in [1.82, 2.24) is 0 Å². The van der Waals surface area contributed by atoms with Crippen LogP contribution in [0.4, 0.5) is 11.4 Å². The van der Waals surface area contributed by atoms with Crippen molar-refractivity contribution in [2.75, 3.05) is 11.6 Å². The van der Waals surface area contributed by atoms with E-state index in [9.17, 15) is 0 Å². The van der Waals surface area contributed by atoms with Crippen molar-refractivity contribution in [3.8, 4) is 0 Å². The van der Waals surface area contributed by atoms with Crippen LogP contribution < -0.4 is 5.01 Å². The van der Waals surface area contributed by atoms with Crippen molar-refractivity contribution >= 4 is 81.0 Å². The van der Waals surface area contributed by atoms with Gasteiger partial charge in [0.1, 0.15) is 0 Å². The fourth-order valence-corrected chi connectivity index (χ4v) is 4.67. The summed E-state index contributed by atoms with van der Waals surface area (Å²) in [4.78, 5) is 0. The highest BCUT2D eigenvalue weighted by Crippen LogP contribution is 2.44. The van der Waals surface area contributed by atoms with Gasteiger partial charge in [0.2, 0.25) is 0 Å². The topological polar surface area (TPSA) is 18.6 Å². The maximum atomic E-state index is 6.36. The molecule has 2 aromatic rings. The minimum Gasteiger partial charge on any atom is -0.126 e. The number of halogens is 6. The van der Waals surface area contributed by atoms with E-state index in [0.717, 1.165) is 0 Å². The van der Waals surface area contributed by atoms with Gasteiger partial charge < -0.3 is 0 Å². The Balaban J connectivity index is 2.14. The van der Waals surface area contributed by atoms with Gasteiger partial charge in [0.25, 0.3) is 0 Å². The molecule has 0 aromatic heterocycles. The summed E-state index contributed by atoms with van der Waals surface area (Å²) < 4.78 is 1.71. The van der Waals surface area contributed by atoms with Gasteiger partial charge in [0, 0.05) is 10.0 Å². The van der Waals surface area contributed by atoms with Gasteiger partial charge in [-0.25, -0.2) is 0 Å². The van der Waals surface area contributed by atoms with Crippen LogP contribution in [0.1, 0.15) is 13.8 Å². The predicted octanol–water partition coefficient (Wildman–Crippen LogP) is 7.92. The molecule has 0 radical (unpaired) electrons. The summed E-state index contributed by atoms with van der Waals surface area (Å²) in [6, 6.07) is 6.50. The highest BCUT2D eigenvalue weighted by molar-refractivity contribution is 6.42. The van der Waals surface area contributed by atoms with Crippen molar-refractivity contribution < 1.29 is 4.70 Å². The van der Waals surface area contributed by atoms with E-state index in [-0.39, 0.29) is 0 Å².